The normalized spacial score (nSPS) is 11.6. The minimum atomic E-state index is 0.833. The van der Waals surface area contributed by atoms with Gasteiger partial charge in [0.1, 0.15) is 0 Å². The summed E-state index contributed by atoms with van der Waals surface area (Å²) in [5, 5.41) is 12.9. The van der Waals surface area contributed by atoms with Gasteiger partial charge in [-0.1, -0.05) is 13.0 Å². The first-order valence-electron chi connectivity index (χ1n) is 7.46. The molecule has 22 heavy (non-hydrogen) atoms. The van der Waals surface area contributed by atoms with Crippen molar-refractivity contribution in [1.29, 1.82) is 0 Å². The summed E-state index contributed by atoms with van der Waals surface area (Å²) in [4.78, 5) is 4.57. The molecule has 0 aliphatic heterocycles. The molecule has 0 bridgehead atoms. The molecular formula is C17H17N5. The Bertz CT molecular complexity index is 993. The van der Waals surface area contributed by atoms with E-state index in [9.17, 15) is 0 Å². The highest BCUT2D eigenvalue weighted by atomic mass is 15.3. The van der Waals surface area contributed by atoms with E-state index in [0.29, 0.717) is 0 Å². The van der Waals surface area contributed by atoms with E-state index in [-0.39, 0.29) is 0 Å². The van der Waals surface area contributed by atoms with Crippen LogP contribution in [0.2, 0.25) is 0 Å². The third-order valence-corrected chi connectivity index (χ3v) is 4.08. The number of H-pyrrole nitrogens is 1. The number of benzene rings is 1. The molecule has 5 heteroatoms. The van der Waals surface area contributed by atoms with Crippen LogP contribution in [0.3, 0.4) is 0 Å². The SMILES string of the molecule is CCc1nc2ccc(C)c(-c3cc(C)c4[nH]ncc4c3)n2n1. The predicted molar refractivity (Wildman–Crippen MR) is 86.9 cm³/mol. The minimum Gasteiger partial charge on any atom is -0.278 e. The number of pyridine rings is 1. The third-order valence-electron chi connectivity index (χ3n) is 4.08. The van der Waals surface area contributed by atoms with Crippen LogP contribution in [0.25, 0.3) is 27.8 Å². The van der Waals surface area contributed by atoms with Crippen LogP contribution in [-0.2, 0) is 6.42 Å². The smallest absolute Gasteiger partial charge is 0.156 e. The Balaban J connectivity index is 2.06. The number of aryl methyl sites for hydroxylation is 3. The van der Waals surface area contributed by atoms with Gasteiger partial charge in [0.25, 0.3) is 0 Å². The zero-order valence-corrected chi connectivity index (χ0v) is 12.9. The summed E-state index contributed by atoms with van der Waals surface area (Å²) >= 11 is 0. The van der Waals surface area contributed by atoms with Crippen molar-refractivity contribution in [3.63, 3.8) is 0 Å². The fourth-order valence-electron chi connectivity index (χ4n) is 2.96. The highest BCUT2D eigenvalue weighted by Crippen LogP contribution is 2.29. The summed E-state index contributed by atoms with van der Waals surface area (Å²) in [6, 6.07) is 8.46. The van der Waals surface area contributed by atoms with Crippen molar-refractivity contribution < 1.29 is 0 Å². The lowest BCUT2D eigenvalue weighted by Gasteiger charge is -2.09. The second kappa shape index (κ2) is 4.66. The molecule has 0 aliphatic rings. The minimum absolute atomic E-state index is 0.833. The molecule has 0 aliphatic carbocycles. The molecule has 0 amide bonds. The first-order chi connectivity index (χ1) is 10.7. The number of fused-ring (bicyclic) bond motifs is 2. The Morgan fingerprint density at radius 3 is 2.82 bits per heavy atom. The molecule has 3 heterocycles. The van der Waals surface area contributed by atoms with E-state index >= 15 is 0 Å². The summed E-state index contributed by atoms with van der Waals surface area (Å²) in [6.45, 7) is 6.28. The number of rotatable bonds is 2. The van der Waals surface area contributed by atoms with E-state index in [1.54, 1.807) is 0 Å². The van der Waals surface area contributed by atoms with E-state index in [2.05, 4.69) is 59.3 Å². The zero-order valence-electron chi connectivity index (χ0n) is 12.9. The lowest BCUT2D eigenvalue weighted by Crippen LogP contribution is -1.98. The molecule has 0 spiro atoms. The van der Waals surface area contributed by atoms with E-state index in [1.807, 2.05) is 16.8 Å². The van der Waals surface area contributed by atoms with Crippen LogP contribution in [0.1, 0.15) is 23.9 Å². The van der Waals surface area contributed by atoms with Crippen LogP contribution in [0.4, 0.5) is 0 Å². The third kappa shape index (κ3) is 1.82. The summed E-state index contributed by atoms with van der Waals surface area (Å²) in [5.74, 6) is 0.868. The molecule has 1 aromatic carbocycles. The van der Waals surface area contributed by atoms with E-state index in [0.717, 1.165) is 40.1 Å². The number of nitrogens with one attached hydrogen (secondary N) is 1. The van der Waals surface area contributed by atoms with Gasteiger partial charge in [-0.15, -0.1) is 0 Å². The summed E-state index contributed by atoms with van der Waals surface area (Å²) < 4.78 is 1.95. The second-order valence-electron chi connectivity index (χ2n) is 5.64. The molecule has 4 aromatic rings. The topological polar surface area (TPSA) is 58.9 Å². The van der Waals surface area contributed by atoms with Gasteiger partial charge in [0, 0.05) is 17.4 Å². The van der Waals surface area contributed by atoms with Crippen molar-refractivity contribution in [2.24, 2.45) is 0 Å². The maximum Gasteiger partial charge on any atom is 0.156 e. The van der Waals surface area contributed by atoms with Crippen molar-refractivity contribution in [3.8, 4) is 11.3 Å². The molecule has 0 fully saturated rings. The highest BCUT2D eigenvalue weighted by Gasteiger charge is 2.13. The van der Waals surface area contributed by atoms with Gasteiger partial charge in [-0.2, -0.15) is 10.2 Å². The Labute approximate surface area is 128 Å². The molecule has 0 saturated heterocycles. The van der Waals surface area contributed by atoms with Crippen LogP contribution in [0, 0.1) is 13.8 Å². The number of aromatic nitrogens is 5. The Morgan fingerprint density at radius 2 is 2.00 bits per heavy atom. The van der Waals surface area contributed by atoms with Gasteiger partial charge in [0.05, 0.1) is 17.4 Å². The quantitative estimate of drug-likeness (QED) is 0.615. The van der Waals surface area contributed by atoms with Gasteiger partial charge in [-0.3, -0.25) is 5.10 Å². The fraction of sp³-hybridized carbons (Fsp3) is 0.235. The number of hydrogen-bond donors (Lipinski definition) is 1. The van der Waals surface area contributed by atoms with E-state index < -0.39 is 0 Å². The predicted octanol–water partition coefficient (Wildman–Crippen LogP) is 3.45. The summed E-state index contributed by atoms with van der Waals surface area (Å²) in [6.07, 6.45) is 2.69. The fourth-order valence-corrected chi connectivity index (χ4v) is 2.96. The Morgan fingerprint density at radius 1 is 1.14 bits per heavy atom. The average Bonchev–Trinajstić information content (AvgIpc) is 3.12. The molecule has 0 radical (unpaired) electrons. The van der Waals surface area contributed by atoms with Gasteiger partial charge in [0.15, 0.2) is 11.5 Å². The summed E-state index contributed by atoms with van der Waals surface area (Å²) in [5.41, 5.74) is 6.57. The van der Waals surface area contributed by atoms with Crippen molar-refractivity contribution in [2.45, 2.75) is 27.2 Å². The molecule has 0 unspecified atom stereocenters. The number of nitrogens with zero attached hydrogens (tertiary/aromatic N) is 4. The van der Waals surface area contributed by atoms with Crippen molar-refractivity contribution >= 4 is 16.6 Å². The maximum absolute atomic E-state index is 4.65. The second-order valence-corrected chi connectivity index (χ2v) is 5.64. The van der Waals surface area contributed by atoms with E-state index in [1.165, 1.54) is 11.1 Å². The monoisotopic (exact) mass is 291 g/mol. The largest absolute Gasteiger partial charge is 0.278 e. The van der Waals surface area contributed by atoms with Crippen molar-refractivity contribution in [2.75, 3.05) is 0 Å². The first kappa shape index (κ1) is 13.0. The molecule has 0 saturated carbocycles. The van der Waals surface area contributed by atoms with Crippen LogP contribution < -0.4 is 0 Å². The molecule has 5 nitrogen and oxygen atoms in total. The number of aromatic amines is 1. The van der Waals surface area contributed by atoms with Gasteiger partial charge in [-0.05, 0) is 43.2 Å². The van der Waals surface area contributed by atoms with Crippen molar-refractivity contribution in [3.05, 3.63) is 47.4 Å². The van der Waals surface area contributed by atoms with Crippen LogP contribution in [0.15, 0.2) is 30.5 Å². The molecular weight excluding hydrogens is 274 g/mol. The molecule has 0 atom stereocenters. The standard InChI is InChI=1S/C17H17N5/c1-4-14-19-15-6-5-10(2)17(22(15)21-14)12-7-11(3)16-13(8-12)9-18-20-16/h5-9H,4H2,1-3H3,(H,18,20). The zero-order chi connectivity index (χ0) is 15.3. The van der Waals surface area contributed by atoms with Gasteiger partial charge >= 0.3 is 0 Å². The van der Waals surface area contributed by atoms with Gasteiger partial charge < -0.3 is 0 Å². The van der Waals surface area contributed by atoms with Gasteiger partial charge in [-0.25, -0.2) is 9.50 Å². The maximum atomic E-state index is 4.65. The van der Waals surface area contributed by atoms with E-state index in [4.69, 9.17) is 0 Å². The molecule has 3 aromatic heterocycles. The molecule has 1 N–H and O–H groups in total. The molecule has 4 rings (SSSR count). The Hall–Kier alpha value is -2.69. The highest BCUT2D eigenvalue weighted by molar-refractivity contribution is 5.87. The first-order valence-corrected chi connectivity index (χ1v) is 7.46. The molecule has 110 valence electrons. The van der Waals surface area contributed by atoms with Gasteiger partial charge in [0.2, 0.25) is 0 Å². The average molecular weight is 291 g/mol. The summed E-state index contributed by atoms with van der Waals surface area (Å²) in [7, 11) is 0. The van der Waals surface area contributed by atoms with Crippen LogP contribution in [0.5, 0.6) is 0 Å². The lowest BCUT2D eigenvalue weighted by atomic mass is 10.0. The van der Waals surface area contributed by atoms with Crippen LogP contribution in [-0.4, -0.2) is 24.8 Å². The Kier molecular flexibility index (Phi) is 2.76. The lowest BCUT2D eigenvalue weighted by molar-refractivity contribution is 0.887. The number of hydrogen-bond acceptors (Lipinski definition) is 3. The van der Waals surface area contributed by atoms with Crippen LogP contribution >= 0.6 is 0 Å². The van der Waals surface area contributed by atoms with Crippen molar-refractivity contribution in [1.82, 2.24) is 24.8 Å².